The fourth-order valence-electron chi connectivity index (χ4n) is 3.90. The highest BCUT2D eigenvalue weighted by atomic mass is 79.9. The third kappa shape index (κ3) is 5.81. The van der Waals surface area contributed by atoms with Crippen LogP contribution >= 0.6 is 15.9 Å². The summed E-state index contributed by atoms with van der Waals surface area (Å²) in [5.74, 6) is -1.17. The summed E-state index contributed by atoms with van der Waals surface area (Å²) >= 11 is 3.58. The van der Waals surface area contributed by atoms with Crippen LogP contribution in [0.2, 0.25) is 0 Å². The number of hydrogen-bond donors (Lipinski definition) is 1. The third-order valence-corrected chi connectivity index (χ3v) is 8.15. The Morgan fingerprint density at radius 2 is 1.68 bits per heavy atom. The summed E-state index contributed by atoms with van der Waals surface area (Å²) in [6.07, 6.45) is 1.52. The van der Waals surface area contributed by atoms with Crippen LogP contribution < -0.4 is 9.73 Å². The van der Waals surface area contributed by atoms with E-state index in [1.807, 2.05) is 44.2 Å². The minimum atomic E-state index is -4.09. The smallest absolute Gasteiger partial charge is 0.264 e. The summed E-state index contributed by atoms with van der Waals surface area (Å²) in [5.41, 5.74) is 6.22. The number of hydrazone groups is 1. The molecule has 0 unspecified atom stereocenters. The topological polar surface area (TPSA) is 83.8 Å². The van der Waals surface area contributed by atoms with E-state index in [1.165, 1.54) is 30.5 Å². The van der Waals surface area contributed by atoms with Gasteiger partial charge in [0.15, 0.2) is 0 Å². The van der Waals surface area contributed by atoms with Crippen LogP contribution in [0, 0.1) is 19.7 Å². The van der Waals surface area contributed by atoms with Crippen molar-refractivity contribution in [1.29, 1.82) is 0 Å². The van der Waals surface area contributed by atoms with Gasteiger partial charge in [0.25, 0.3) is 15.9 Å². The van der Waals surface area contributed by atoms with Gasteiger partial charge in [-0.05, 0) is 84.4 Å². The number of amides is 1. The van der Waals surface area contributed by atoms with Crippen molar-refractivity contribution in [2.75, 3.05) is 10.8 Å². The lowest BCUT2D eigenvalue weighted by Crippen LogP contribution is -2.39. The quantitative estimate of drug-likeness (QED) is 0.225. The number of nitrogens with zero attached hydrogens (tertiary/aromatic N) is 3. The van der Waals surface area contributed by atoms with E-state index >= 15 is 0 Å². The highest BCUT2D eigenvalue weighted by Crippen LogP contribution is 2.26. The van der Waals surface area contributed by atoms with E-state index in [2.05, 4.69) is 31.0 Å². The van der Waals surface area contributed by atoms with Gasteiger partial charge in [0.1, 0.15) is 12.4 Å². The van der Waals surface area contributed by atoms with Crippen molar-refractivity contribution in [2.24, 2.45) is 5.10 Å². The number of carbonyl (C=O) groups is 1. The SMILES string of the molecule is Cc1cc(/C=N\NC(=O)CN(c2ccc(F)cc2)S(=O)(=O)c2ccccc2)c(C)n1-c1ccccc1Br. The fraction of sp³-hybridized carbons (Fsp3) is 0.111. The molecule has 1 aromatic heterocycles. The van der Waals surface area contributed by atoms with Crippen LogP contribution in [0.3, 0.4) is 0 Å². The lowest BCUT2D eigenvalue weighted by atomic mass is 10.2. The van der Waals surface area contributed by atoms with Crippen LogP contribution in [0.15, 0.2) is 99.4 Å². The minimum absolute atomic E-state index is 0.00939. The maximum absolute atomic E-state index is 13.5. The van der Waals surface area contributed by atoms with Crippen molar-refractivity contribution < 1.29 is 17.6 Å². The Morgan fingerprint density at radius 3 is 2.35 bits per heavy atom. The first-order chi connectivity index (χ1) is 17.7. The minimum Gasteiger partial charge on any atom is -0.317 e. The molecular formula is C27H24BrFN4O3S. The molecule has 0 aliphatic carbocycles. The zero-order valence-electron chi connectivity index (χ0n) is 20.1. The second kappa shape index (κ2) is 11.1. The number of carbonyl (C=O) groups excluding carboxylic acids is 1. The number of nitrogens with one attached hydrogen (secondary N) is 1. The van der Waals surface area contributed by atoms with Gasteiger partial charge in [0.05, 0.1) is 22.5 Å². The first-order valence-electron chi connectivity index (χ1n) is 11.3. The lowest BCUT2D eigenvalue weighted by molar-refractivity contribution is -0.119. The van der Waals surface area contributed by atoms with Crippen LogP contribution in [-0.2, 0) is 14.8 Å². The van der Waals surface area contributed by atoms with Gasteiger partial charge in [-0.2, -0.15) is 5.10 Å². The standard InChI is InChI=1S/C27H24BrFN4O3S/c1-19-16-21(20(2)33(19)26-11-7-6-10-25(26)28)17-30-31-27(34)18-32(23-14-12-22(29)13-15-23)37(35,36)24-8-4-3-5-9-24/h3-17H,18H2,1-2H3,(H,31,34)/b30-17-. The molecule has 0 atom stereocenters. The molecule has 7 nitrogen and oxygen atoms in total. The molecule has 0 radical (unpaired) electrons. The van der Waals surface area contributed by atoms with Crippen molar-refractivity contribution in [3.05, 3.63) is 112 Å². The van der Waals surface area contributed by atoms with E-state index in [4.69, 9.17) is 0 Å². The number of rotatable bonds is 8. The Labute approximate surface area is 223 Å². The normalized spacial score (nSPS) is 11.6. The van der Waals surface area contributed by atoms with Crippen molar-refractivity contribution >= 4 is 43.8 Å². The average Bonchev–Trinajstić information content (AvgIpc) is 3.16. The molecule has 0 bridgehead atoms. The first-order valence-corrected chi connectivity index (χ1v) is 13.5. The molecule has 0 aliphatic rings. The molecule has 0 spiro atoms. The highest BCUT2D eigenvalue weighted by molar-refractivity contribution is 9.10. The highest BCUT2D eigenvalue weighted by Gasteiger charge is 2.27. The van der Waals surface area contributed by atoms with Crippen molar-refractivity contribution in [3.8, 4) is 5.69 Å². The van der Waals surface area contributed by atoms with Gasteiger partial charge < -0.3 is 4.57 Å². The van der Waals surface area contributed by atoms with Crippen LogP contribution in [0.4, 0.5) is 10.1 Å². The number of aromatic nitrogens is 1. The predicted molar refractivity (Wildman–Crippen MR) is 146 cm³/mol. The van der Waals surface area contributed by atoms with Crippen molar-refractivity contribution in [2.45, 2.75) is 18.7 Å². The Bertz CT molecular complexity index is 1550. The van der Waals surface area contributed by atoms with Crippen LogP contribution in [-0.4, -0.2) is 31.7 Å². The molecule has 0 fully saturated rings. The summed E-state index contributed by atoms with van der Waals surface area (Å²) in [6, 6.07) is 22.4. The number of para-hydroxylation sites is 1. The lowest BCUT2D eigenvalue weighted by Gasteiger charge is -2.23. The summed E-state index contributed by atoms with van der Waals surface area (Å²) in [5, 5.41) is 4.06. The zero-order chi connectivity index (χ0) is 26.6. The molecule has 1 heterocycles. The second-order valence-electron chi connectivity index (χ2n) is 8.21. The Kier molecular flexibility index (Phi) is 7.89. The van der Waals surface area contributed by atoms with Crippen molar-refractivity contribution in [3.63, 3.8) is 0 Å². The molecule has 190 valence electrons. The van der Waals surface area contributed by atoms with E-state index in [0.717, 1.165) is 43.5 Å². The van der Waals surface area contributed by atoms with Gasteiger partial charge in [-0.1, -0.05) is 30.3 Å². The molecule has 0 saturated heterocycles. The Morgan fingerprint density at radius 1 is 1.03 bits per heavy atom. The number of sulfonamides is 1. The Hall–Kier alpha value is -3.76. The molecule has 4 aromatic rings. The molecule has 1 amide bonds. The van der Waals surface area contributed by atoms with Gasteiger partial charge in [0.2, 0.25) is 0 Å². The van der Waals surface area contributed by atoms with Gasteiger partial charge in [0, 0.05) is 21.4 Å². The van der Waals surface area contributed by atoms with Gasteiger partial charge in [-0.25, -0.2) is 18.2 Å². The molecule has 0 saturated carbocycles. The molecule has 37 heavy (non-hydrogen) atoms. The van der Waals surface area contributed by atoms with Gasteiger partial charge in [-0.15, -0.1) is 0 Å². The number of aryl methyl sites for hydroxylation is 1. The van der Waals surface area contributed by atoms with Crippen LogP contribution in [0.25, 0.3) is 5.69 Å². The average molecular weight is 583 g/mol. The van der Waals surface area contributed by atoms with E-state index in [9.17, 15) is 17.6 Å². The number of hydrogen-bond acceptors (Lipinski definition) is 4. The third-order valence-electron chi connectivity index (χ3n) is 5.69. The maximum Gasteiger partial charge on any atom is 0.264 e. The zero-order valence-corrected chi connectivity index (χ0v) is 22.5. The van der Waals surface area contributed by atoms with Gasteiger partial charge in [-0.3, -0.25) is 9.10 Å². The number of anilines is 1. The number of halogens is 2. The van der Waals surface area contributed by atoms with Crippen molar-refractivity contribution in [1.82, 2.24) is 9.99 Å². The van der Waals surface area contributed by atoms with E-state index in [0.29, 0.717) is 0 Å². The summed E-state index contributed by atoms with van der Waals surface area (Å²) in [7, 11) is -4.09. The largest absolute Gasteiger partial charge is 0.317 e. The first kappa shape index (κ1) is 26.3. The van der Waals surface area contributed by atoms with E-state index in [-0.39, 0.29) is 10.6 Å². The number of benzene rings is 3. The molecule has 1 N–H and O–H groups in total. The molecule has 10 heteroatoms. The van der Waals surface area contributed by atoms with E-state index < -0.39 is 28.3 Å². The monoisotopic (exact) mass is 582 g/mol. The second-order valence-corrected chi connectivity index (χ2v) is 10.9. The maximum atomic E-state index is 13.5. The molecule has 0 aliphatic heterocycles. The summed E-state index contributed by atoms with van der Waals surface area (Å²) < 4.78 is 44.0. The summed E-state index contributed by atoms with van der Waals surface area (Å²) in [6.45, 7) is 3.37. The van der Waals surface area contributed by atoms with Crippen LogP contribution in [0.5, 0.6) is 0 Å². The molecular weight excluding hydrogens is 559 g/mol. The van der Waals surface area contributed by atoms with Gasteiger partial charge >= 0.3 is 0 Å². The molecule has 3 aromatic carbocycles. The molecule has 4 rings (SSSR count). The Balaban J connectivity index is 1.55. The fourth-order valence-corrected chi connectivity index (χ4v) is 5.81. The van der Waals surface area contributed by atoms with E-state index in [1.54, 1.807) is 18.2 Å². The van der Waals surface area contributed by atoms with Crippen LogP contribution in [0.1, 0.15) is 17.0 Å². The predicted octanol–water partition coefficient (Wildman–Crippen LogP) is 5.34. The summed E-state index contributed by atoms with van der Waals surface area (Å²) in [4.78, 5) is 12.8.